The van der Waals surface area contributed by atoms with E-state index in [1.165, 1.54) is 0 Å². The van der Waals surface area contributed by atoms with E-state index in [2.05, 4.69) is 4.90 Å². The maximum Gasteiger partial charge on any atom is 0.410 e. The second kappa shape index (κ2) is 5.59. The first kappa shape index (κ1) is 14.5. The van der Waals surface area contributed by atoms with Crippen molar-refractivity contribution in [1.29, 1.82) is 0 Å². The Balaban J connectivity index is 1.87. The molecule has 0 spiro atoms. The summed E-state index contributed by atoms with van der Waals surface area (Å²) in [6.45, 7) is 8.65. The Labute approximate surface area is 122 Å². The van der Waals surface area contributed by atoms with Crippen LogP contribution in [0.15, 0.2) is 12.1 Å². The average molecular weight is 303 g/mol. The molecule has 1 aliphatic rings. The van der Waals surface area contributed by atoms with Crippen LogP contribution in [0, 0.1) is 0 Å². The summed E-state index contributed by atoms with van der Waals surface area (Å²) in [6, 6.07) is 3.93. The van der Waals surface area contributed by atoms with Crippen LogP contribution in [0.3, 0.4) is 0 Å². The lowest BCUT2D eigenvalue weighted by Gasteiger charge is -2.36. The van der Waals surface area contributed by atoms with E-state index in [9.17, 15) is 4.79 Å². The molecule has 4 nitrogen and oxygen atoms in total. The minimum Gasteiger partial charge on any atom is -0.444 e. The molecule has 0 atom stereocenters. The van der Waals surface area contributed by atoms with Crippen LogP contribution in [-0.4, -0.2) is 42.8 Å². The van der Waals surface area contributed by atoms with Gasteiger partial charge in [-0.05, 0) is 32.9 Å². The van der Waals surface area contributed by atoms with Gasteiger partial charge in [0, 0.05) is 26.2 Å². The fourth-order valence-electron chi connectivity index (χ4n) is 1.91. The van der Waals surface area contributed by atoms with Crippen LogP contribution in [0.25, 0.3) is 0 Å². The Morgan fingerprint density at radius 2 is 1.89 bits per heavy atom. The van der Waals surface area contributed by atoms with Gasteiger partial charge >= 0.3 is 6.09 Å². The lowest BCUT2D eigenvalue weighted by Crippen LogP contribution is -2.49. The molecule has 1 saturated heterocycles. The Kier molecular flexibility index (Phi) is 4.26. The molecule has 1 fully saturated rings. The van der Waals surface area contributed by atoms with Gasteiger partial charge in [0.2, 0.25) is 0 Å². The minimum absolute atomic E-state index is 0.226. The standard InChI is InChI=1S/C13H19ClN2O2S/c1-13(2,3)18-12(17)16-8-6-15(7-9-16)11-5-4-10(14)19-11/h4-5H,6-9H2,1-3H3. The molecule has 106 valence electrons. The molecular formula is C13H19ClN2O2S. The van der Waals surface area contributed by atoms with Crippen LogP contribution in [0.4, 0.5) is 9.80 Å². The maximum absolute atomic E-state index is 11.9. The summed E-state index contributed by atoms with van der Waals surface area (Å²) in [4.78, 5) is 15.9. The number of carbonyl (C=O) groups excluding carboxylic acids is 1. The van der Waals surface area contributed by atoms with Crippen LogP contribution in [0.5, 0.6) is 0 Å². The summed E-state index contributed by atoms with van der Waals surface area (Å²) in [5, 5.41) is 1.16. The largest absolute Gasteiger partial charge is 0.444 e. The third-order valence-corrected chi connectivity index (χ3v) is 4.09. The molecule has 0 aromatic carbocycles. The number of hydrogen-bond donors (Lipinski definition) is 0. The topological polar surface area (TPSA) is 32.8 Å². The second-order valence-electron chi connectivity index (χ2n) is 5.53. The first-order chi connectivity index (χ1) is 8.85. The predicted octanol–water partition coefficient (Wildman–Crippen LogP) is 3.46. The molecule has 0 unspecified atom stereocenters. The number of nitrogens with zero attached hydrogens (tertiary/aromatic N) is 2. The SMILES string of the molecule is CC(C)(C)OC(=O)N1CCN(c2ccc(Cl)s2)CC1. The number of halogens is 1. The van der Waals surface area contributed by atoms with E-state index in [0.717, 1.165) is 22.4 Å². The van der Waals surface area contributed by atoms with Crippen LogP contribution < -0.4 is 4.90 Å². The molecule has 1 aromatic rings. The monoisotopic (exact) mass is 302 g/mol. The van der Waals surface area contributed by atoms with Gasteiger partial charge in [-0.1, -0.05) is 11.6 Å². The molecule has 2 rings (SSSR count). The first-order valence-electron chi connectivity index (χ1n) is 6.33. The minimum atomic E-state index is -0.435. The van der Waals surface area contributed by atoms with Gasteiger partial charge in [0.1, 0.15) is 5.60 Å². The number of anilines is 1. The van der Waals surface area contributed by atoms with Gasteiger partial charge in [0.25, 0.3) is 0 Å². The smallest absolute Gasteiger partial charge is 0.410 e. The van der Waals surface area contributed by atoms with Crippen LogP contribution >= 0.6 is 22.9 Å². The molecule has 2 heterocycles. The van der Waals surface area contributed by atoms with Gasteiger partial charge in [-0.25, -0.2) is 4.79 Å². The van der Waals surface area contributed by atoms with Crippen molar-refractivity contribution in [2.24, 2.45) is 0 Å². The van der Waals surface area contributed by atoms with Crippen LogP contribution in [0.1, 0.15) is 20.8 Å². The summed E-state index contributed by atoms with van der Waals surface area (Å²) in [7, 11) is 0. The number of hydrogen-bond acceptors (Lipinski definition) is 4. The van der Waals surface area contributed by atoms with Crippen molar-refractivity contribution in [2.75, 3.05) is 31.1 Å². The van der Waals surface area contributed by atoms with E-state index < -0.39 is 5.60 Å². The van der Waals surface area contributed by atoms with Gasteiger partial charge in [-0.2, -0.15) is 0 Å². The maximum atomic E-state index is 11.9. The van der Waals surface area contributed by atoms with Crippen molar-refractivity contribution in [3.63, 3.8) is 0 Å². The van der Waals surface area contributed by atoms with Crippen LogP contribution in [-0.2, 0) is 4.74 Å². The summed E-state index contributed by atoms with van der Waals surface area (Å²) < 4.78 is 6.17. The van der Waals surface area contributed by atoms with E-state index >= 15 is 0 Å². The van der Waals surface area contributed by atoms with Crippen molar-refractivity contribution in [3.8, 4) is 0 Å². The van der Waals surface area contributed by atoms with Crippen molar-refractivity contribution in [3.05, 3.63) is 16.5 Å². The molecular weight excluding hydrogens is 284 g/mol. The van der Waals surface area contributed by atoms with Crippen LogP contribution in [0.2, 0.25) is 4.34 Å². The Hall–Kier alpha value is -0.940. The number of piperazine rings is 1. The average Bonchev–Trinajstić information content (AvgIpc) is 2.74. The predicted molar refractivity (Wildman–Crippen MR) is 79.3 cm³/mol. The zero-order valence-corrected chi connectivity index (χ0v) is 13.1. The molecule has 1 aromatic heterocycles. The number of ether oxygens (including phenoxy) is 1. The first-order valence-corrected chi connectivity index (χ1v) is 7.53. The van der Waals surface area contributed by atoms with E-state index in [1.807, 2.05) is 32.9 Å². The fraction of sp³-hybridized carbons (Fsp3) is 0.615. The zero-order valence-electron chi connectivity index (χ0n) is 11.5. The van der Waals surface area contributed by atoms with E-state index in [-0.39, 0.29) is 6.09 Å². The van der Waals surface area contributed by atoms with Crippen molar-refractivity contribution >= 4 is 34.0 Å². The zero-order chi connectivity index (χ0) is 14.0. The van der Waals surface area contributed by atoms with Gasteiger partial charge in [-0.15, -0.1) is 11.3 Å². The quantitative estimate of drug-likeness (QED) is 0.796. The highest BCUT2D eigenvalue weighted by Crippen LogP contribution is 2.30. The van der Waals surface area contributed by atoms with E-state index in [4.69, 9.17) is 16.3 Å². The van der Waals surface area contributed by atoms with Gasteiger partial charge in [0.05, 0.1) is 9.34 Å². The van der Waals surface area contributed by atoms with Crippen molar-refractivity contribution < 1.29 is 9.53 Å². The number of rotatable bonds is 1. The lowest BCUT2D eigenvalue weighted by atomic mass is 10.2. The van der Waals surface area contributed by atoms with E-state index in [1.54, 1.807) is 16.2 Å². The Morgan fingerprint density at radius 1 is 1.26 bits per heavy atom. The number of amides is 1. The molecule has 0 radical (unpaired) electrons. The molecule has 1 aliphatic heterocycles. The normalized spacial score (nSPS) is 16.6. The Morgan fingerprint density at radius 3 is 2.37 bits per heavy atom. The summed E-state index contributed by atoms with van der Waals surface area (Å²) in [5.74, 6) is 0. The van der Waals surface area contributed by atoms with Crippen molar-refractivity contribution in [1.82, 2.24) is 4.90 Å². The second-order valence-corrected chi connectivity index (χ2v) is 7.23. The third-order valence-electron chi connectivity index (χ3n) is 2.80. The Bertz CT molecular complexity index is 448. The number of carbonyl (C=O) groups is 1. The lowest BCUT2D eigenvalue weighted by molar-refractivity contribution is 0.0241. The van der Waals surface area contributed by atoms with Gasteiger partial charge < -0.3 is 14.5 Å². The molecule has 0 N–H and O–H groups in total. The number of thiophene rings is 1. The summed E-state index contributed by atoms with van der Waals surface area (Å²) in [5.41, 5.74) is -0.435. The highest BCUT2D eigenvalue weighted by molar-refractivity contribution is 7.19. The molecule has 19 heavy (non-hydrogen) atoms. The highest BCUT2D eigenvalue weighted by atomic mass is 35.5. The highest BCUT2D eigenvalue weighted by Gasteiger charge is 2.26. The molecule has 6 heteroatoms. The van der Waals surface area contributed by atoms with E-state index in [0.29, 0.717) is 13.1 Å². The van der Waals surface area contributed by atoms with Crippen molar-refractivity contribution in [2.45, 2.75) is 26.4 Å². The molecule has 0 saturated carbocycles. The van der Waals surface area contributed by atoms with Gasteiger partial charge in [-0.3, -0.25) is 0 Å². The molecule has 0 bridgehead atoms. The summed E-state index contributed by atoms with van der Waals surface area (Å²) >= 11 is 7.51. The fourth-order valence-corrected chi connectivity index (χ4v) is 2.99. The summed E-state index contributed by atoms with van der Waals surface area (Å²) in [6.07, 6.45) is -0.226. The third kappa shape index (κ3) is 4.01. The molecule has 1 amide bonds. The van der Waals surface area contributed by atoms with Gasteiger partial charge in [0.15, 0.2) is 0 Å². The molecule has 0 aliphatic carbocycles.